The number of hydrogen-bond acceptors (Lipinski definition) is 3. The zero-order chi connectivity index (χ0) is 9.98. The number of aliphatic hydroxyl groups excluding tert-OH is 2. The molecule has 0 spiro atoms. The first-order chi connectivity index (χ1) is 5.62. The van der Waals surface area contributed by atoms with Gasteiger partial charge in [0.05, 0.1) is 12.7 Å². The molecule has 2 N–H and O–H groups in total. The lowest BCUT2D eigenvalue weighted by Gasteiger charge is -2.13. The van der Waals surface area contributed by atoms with Crippen LogP contribution in [0.2, 0.25) is 0 Å². The third kappa shape index (κ3) is 12.5. The molecule has 3 nitrogen and oxygen atoms in total. The van der Waals surface area contributed by atoms with Gasteiger partial charge in [0.25, 0.3) is 0 Å². The third-order valence-corrected chi connectivity index (χ3v) is 1.61. The quantitative estimate of drug-likeness (QED) is 0.664. The minimum absolute atomic E-state index is 0.139. The van der Waals surface area contributed by atoms with Crippen LogP contribution >= 0.6 is 0 Å². The van der Waals surface area contributed by atoms with Crippen LogP contribution in [0.15, 0.2) is 0 Å². The van der Waals surface area contributed by atoms with Gasteiger partial charge in [-0.3, -0.25) is 0 Å². The molecule has 12 heavy (non-hydrogen) atoms. The zero-order valence-electron chi connectivity index (χ0n) is 8.75. The van der Waals surface area contributed by atoms with E-state index in [0.29, 0.717) is 0 Å². The van der Waals surface area contributed by atoms with E-state index < -0.39 is 6.10 Å². The summed E-state index contributed by atoms with van der Waals surface area (Å²) in [5.74, 6) is 0. The van der Waals surface area contributed by atoms with Crippen LogP contribution in [-0.4, -0.2) is 47.5 Å². The van der Waals surface area contributed by atoms with Gasteiger partial charge in [-0.25, -0.2) is 0 Å². The molecule has 0 fully saturated rings. The molecule has 0 bridgehead atoms. The van der Waals surface area contributed by atoms with Crippen molar-refractivity contribution in [3.8, 4) is 0 Å². The summed E-state index contributed by atoms with van der Waals surface area (Å²) in [6.07, 6.45) is -0.560. The number of rotatable bonds is 4. The van der Waals surface area contributed by atoms with Gasteiger partial charge in [-0.2, -0.15) is 0 Å². The van der Waals surface area contributed by atoms with Gasteiger partial charge in [-0.1, -0.05) is 20.8 Å². The van der Waals surface area contributed by atoms with Crippen molar-refractivity contribution in [2.45, 2.75) is 33.8 Å². The highest BCUT2D eigenvalue weighted by atomic mass is 16.3. The maximum atomic E-state index is 8.11. The fraction of sp³-hybridized carbons (Fsp3) is 1.00. The van der Waals surface area contributed by atoms with Crippen LogP contribution in [0.25, 0.3) is 0 Å². The Morgan fingerprint density at radius 3 is 1.33 bits per heavy atom. The van der Waals surface area contributed by atoms with Gasteiger partial charge in [-0.05, 0) is 26.6 Å². The SMILES string of the molecule is CC(O)CO.CCN(CC)CC. The highest BCUT2D eigenvalue weighted by molar-refractivity contribution is 4.43. The molecule has 0 heterocycles. The predicted molar refractivity (Wildman–Crippen MR) is 52.2 cm³/mol. The van der Waals surface area contributed by atoms with Gasteiger partial charge in [-0.15, -0.1) is 0 Å². The minimum Gasteiger partial charge on any atom is -0.394 e. The normalized spacial score (nSPS) is 12.2. The average Bonchev–Trinajstić information content (AvgIpc) is 2.09. The average molecular weight is 177 g/mol. The highest BCUT2D eigenvalue weighted by Gasteiger charge is 1.89. The Hall–Kier alpha value is -0.120. The lowest BCUT2D eigenvalue weighted by atomic mass is 10.5. The molecule has 0 aliphatic rings. The van der Waals surface area contributed by atoms with E-state index in [9.17, 15) is 0 Å². The maximum absolute atomic E-state index is 8.11. The second kappa shape index (κ2) is 10.9. The van der Waals surface area contributed by atoms with Crippen LogP contribution in [-0.2, 0) is 0 Å². The number of aliphatic hydroxyl groups is 2. The first kappa shape index (κ1) is 14.4. The summed E-state index contributed by atoms with van der Waals surface area (Å²) in [7, 11) is 0. The van der Waals surface area contributed by atoms with E-state index in [-0.39, 0.29) is 6.61 Å². The van der Waals surface area contributed by atoms with Gasteiger partial charge in [0.1, 0.15) is 0 Å². The van der Waals surface area contributed by atoms with E-state index in [1.165, 1.54) is 26.6 Å². The molecule has 0 aromatic rings. The van der Waals surface area contributed by atoms with Crippen molar-refractivity contribution in [3.05, 3.63) is 0 Å². The van der Waals surface area contributed by atoms with Gasteiger partial charge in [0.15, 0.2) is 0 Å². The van der Waals surface area contributed by atoms with E-state index in [2.05, 4.69) is 25.7 Å². The summed E-state index contributed by atoms with van der Waals surface area (Å²) in [6.45, 7) is 11.5. The molecule has 0 radical (unpaired) electrons. The molecule has 3 heteroatoms. The Balaban J connectivity index is 0. The minimum atomic E-state index is -0.560. The summed E-state index contributed by atoms with van der Waals surface area (Å²) in [5.41, 5.74) is 0. The molecule has 0 aliphatic carbocycles. The highest BCUT2D eigenvalue weighted by Crippen LogP contribution is 1.81. The van der Waals surface area contributed by atoms with Crippen LogP contribution in [0.4, 0.5) is 0 Å². The molecule has 0 saturated heterocycles. The van der Waals surface area contributed by atoms with Crippen LogP contribution in [0.3, 0.4) is 0 Å². The fourth-order valence-corrected chi connectivity index (χ4v) is 0.671. The summed E-state index contributed by atoms with van der Waals surface area (Å²) < 4.78 is 0. The first-order valence-corrected chi connectivity index (χ1v) is 4.63. The molecule has 0 amide bonds. The van der Waals surface area contributed by atoms with Crippen molar-refractivity contribution in [2.75, 3.05) is 26.2 Å². The molecule has 1 unspecified atom stereocenters. The van der Waals surface area contributed by atoms with Crippen LogP contribution in [0.5, 0.6) is 0 Å². The standard InChI is InChI=1S/C6H15N.C3H8O2/c1-4-7(5-2)6-3;1-3(5)2-4/h4-6H2,1-3H3;3-5H,2H2,1H3. The Morgan fingerprint density at radius 1 is 1.08 bits per heavy atom. The molecule has 0 saturated carbocycles. The maximum Gasteiger partial charge on any atom is 0.0742 e. The van der Waals surface area contributed by atoms with E-state index in [0.717, 1.165) is 0 Å². The summed E-state index contributed by atoms with van der Waals surface area (Å²) in [4.78, 5) is 2.38. The Kier molecular flexibility index (Phi) is 13.1. The van der Waals surface area contributed by atoms with Gasteiger partial charge < -0.3 is 15.1 Å². The fourth-order valence-electron chi connectivity index (χ4n) is 0.671. The summed E-state index contributed by atoms with van der Waals surface area (Å²) in [5, 5.41) is 16.0. The molecule has 0 aliphatic heterocycles. The lowest BCUT2D eigenvalue weighted by Crippen LogP contribution is -2.21. The monoisotopic (exact) mass is 177 g/mol. The Bertz CT molecular complexity index is 67.4. The number of nitrogens with zero attached hydrogens (tertiary/aromatic N) is 1. The second-order valence-corrected chi connectivity index (χ2v) is 2.65. The molecule has 0 aromatic heterocycles. The van der Waals surface area contributed by atoms with Crippen molar-refractivity contribution in [2.24, 2.45) is 0 Å². The smallest absolute Gasteiger partial charge is 0.0742 e. The topological polar surface area (TPSA) is 43.7 Å². The van der Waals surface area contributed by atoms with Crippen molar-refractivity contribution in [3.63, 3.8) is 0 Å². The van der Waals surface area contributed by atoms with E-state index in [1.807, 2.05) is 0 Å². The zero-order valence-corrected chi connectivity index (χ0v) is 8.75. The molecular formula is C9H23NO2. The van der Waals surface area contributed by atoms with Crippen molar-refractivity contribution in [1.29, 1.82) is 0 Å². The van der Waals surface area contributed by atoms with Crippen LogP contribution in [0, 0.1) is 0 Å². The van der Waals surface area contributed by atoms with E-state index in [4.69, 9.17) is 10.2 Å². The molecule has 1 atom stereocenters. The molecule has 0 rings (SSSR count). The number of hydrogen-bond donors (Lipinski definition) is 2. The van der Waals surface area contributed by atoms with Gasteiger partial charge >= 0.3 is 0 Å². The van der Waals surface area contributed by atoms with E-state index >= 15 is 0 Å². The van der Waals surface area contributed by atoms with Gasteiger partial charge in [0, 0.05) is 0 Å². The van der Waals surface area contributed by atoms with E-state index in [1.54, 1.807) is 0 Å². The Labute approximate surface area is 76.0 Å². The van der Waals surface area contributed by atoms with Crippen molar-refractivity contribution in [1.82, 2.24) is 4.90 Å². The summed E-state index contributed by atoms with van der Waals surface area (Å²) in [6, 6.07) is 0. The summed E-state index contributed by atoms with van der Waals surface area (Å²) >= 11 is 0. The predicted octanol–water partition coefficient (Wildman–Crippen LogP) is 0.708. The lowest BCUT2D eigenvalue weighted by molar-refractivity contribution is 0.110. The Morgan fingerprint density at radius 2 is 1.33 bits per heavy atom. The molecule has 76 valence electrons. The van der Waals surface area contributed by atoms with Crippen LogP contribution < -0.4 is 0 Å². The van der Waals surface area contributed by atoms with Crippen LogP contribution in [0.1, 0.15) is 27.7 Å². The van der Waals surface area contributed by atoms with Crippen molar-refractivity contribution >= 4 is 0 Å². The second-order valence-electron chi connectivity index (χ2n) is 2.65. The molecule has 0 aromatic carbocycles. The first-order valence-electron chi connectivity index (χ1n) is 4.63. The van der Waals surface area contributed by atoms with Crippen molar-refractivity contribution < 1.29 is 10.2 Å². The van der Waals surface area contributed by atoms with Gasteiger partial charge in [0.2, 0.25) is 0 Å². The molecular weight excluding hydrogens is 154 g/mol. The third-order valence-electron chi connectivity index (χ3n) is 1.61. The largest absolute Gasteiger partial charge is 0.394 e.